The summed E-state index contributed by atoms with van der Waals surface area (Å²) in [6.07, 6.45) is 0. The molecule has 0 unspecified atom stereocenters. The summed E-state index contributed by atoms with van der Waals surface area (Å²) in [7, 11) is 0. The lowest BCUT2D eigenvalue weighted by molar-refractivity contribution is 1.28. The van der Waals surface area contributed by atoms with E-state index in [1.165, 1.54) is 0 Å². The Kier molecular flexibility index (Phi) is 4.60. The molecule has 0 heterocycles. The van der Waals surface area contributed by atoms with Crippen molar-refractivity contribution in [2.45, 2.75) is 0 Å². The standard InChI is InChI=1S/C24H22N4/c25-18-7-5-17(6-8-18)23-3-1-2-4-24(23)28(21-13-9-19(26)10-14-21)22-15-11-20(27)12-16-22/h1-16H,25-27H2. The first kappa shape index (κ1) is 17.5. The first-order valence-corrected chi connectivity index (χ1v) is 9.08. The van der Waals surface area contributed by atoms with Crippen LogP contribution in [0.15, 0.2) is 97.1 Å². The van der Waals surface area contributed by atoms with Crippen molar-refractivity contribution >= 4 is 34.1 Å². The van der Waals surface area contributed by atoms with E-state index in [0.29, 0.717) is 0 Å². The zero-order valence-corrected chi connectivity index (χ0v) is 15.4. The third kappa shape index (κ3) is 3.48. The van der Waals surface area contributed by atoms with E-state index in [-0.39, 0.29) is 0 Å². The van der Waals surface area contributed by atoms with Crippen LogP contribution in [0.1, 0.15) is 0 Å². The van der Waals surface area contributed by atoms with E-state index in [2.05, 4.69) is 17.0 Å². The normalized spacial score (nSPS) is 10.6. The number of rotatable bonds is 4. The van der Waals surface area contributed by atoms with Crippen molar-refractivity contribution in [3.8, 4) is 11.1 Å². The van der Waals surface area contributed by atoms with Crippen LogP contribution >= 0.6 is 0 Å². The molecular weight excluding hydrogens is 344 g/mol. The van der Waals surface area contributed by atoms with Crippen molar-refractivity contribution in [3.05, 3.63) is 97.1 Å². The molecule has 0 aliphatic rings. The maximum Gasteiger partial charge on any atom is 0.0540 e. The van der Waals surface area contributed by atoms with Crippen molar-refractivity contribution in [2.75, 3.05) is 22.1 Å². The first-order valence-electron chi connectivity index (χ1n) is 9.08. The molecule has 6 N–H and O–H groups in total. The van der Waals surface area contributed by atoms with Crippen molar-refractivity contribution < 1.29 is 0 Å². The lowest BCUT2D eigenvalue weighted by Gasteiger charge is -2.28. The maximum atomic E-state index is 5.91. The van der Waals surface area contributed by atoms with Gasteiger partial charge in [0.15, 0.2) is 0 Å². The van der Waals surface area contributed by atoms with E-state index < -0.39 is 0 Å². The molecule has 0 saturated heterocycles. The molecule has 4 rings (SSSR count). The smallest absolute Gasteiger partial charge is 0.0540 e. The Hall–Kier alpha value is -3.92. The Morgan fingerprint density at radius 3 is 1.39 bits per heavy atom. The fourth-order valence-electron chi connectivity index (χ4n) is 3.25. The topological polar surface area (TPSA) is 81.3 Å². The van der Waals surface area contributed by atoms with Crippen LogP contribution in [0, 0.1) is 0 Å². The van der Waals surface area contributed by atoms with Gasteiger partial charge in [-0.05, 0) is 72.3 Å². The predicted octanol–water partition coefficient (Wildman–Crippen LogP) is 5.57. The average molecular weight is 366 g/mol. The van der Waals surface area contributed by atoms with Crippen LogP contribution in [-0.4, -0.2) is 0 Å². The number of para-hydroxylation sites is 1. The minimum atomic E-state index is 0.729. The van der Waals surface area contributed by atoms with Gasteiger partial charge in [0.05, 0.1) is 5.69 Å². The third-order valence-corrected chi connectivity index (χ3v) is 4.67. The average Bonchev–Trinajstić information content (AvgIpc) is 2.72. The maximum absolute atomic E-state index is 5.91. The number of hydrogen-bond donors (Lipinski definition) is 3. The van der Waals surface area contributed by atoms with E-state index in [0.717, 1.165) is 45.3 Å². The zero-order valence-electron chi connectivity index (χ0n) is 15.4. The SMILES string of the molecule is Nc1ccc(-c2ccccc2N(c2ccc(N)cc2)c2ccc(N)cc2)cc1. The van der Waals surface area contributed by atoms with Crippen LogP contribution in [0.2, 0.25) is 0 Å². The Bertz CT molecular complexity index is 1020. The molecule has 138 valence electrons. The molecule has 0 aromatic heterocycles. The number of nitrogens with two attached hydrogens (primary N) is 3. The fourth-order valence-corrected chi connectivity index (χ4v) is 3.25. The van der Waals surface area contributed by atoms with Gasteiger partial charge in [-0.2, -0.15) is 0 Å². The number of anilines is 6. The highest BCUT2D eigenvalue weighted by molar-refractivity contribution is 5.88. The number of hydrogen-bond acceptors (Lipinski definition) is 4. The molecule has 28 heavy (non-hydrogen) atoms. The van der Waals surface area contributed by atoms with E-state index in [1.807, 2.05) is 84.9 Å². The lowest BCUT2D eigenvalue weighted by Crippen LogP contribution is -2.11. The highest BCUT2D eigenvalue weighted by Crippen LogP contribution is 2.40. The third-order valence-electron chi connectivity index (χ3n) is 4.67. The van der Waals surface area contributed by atoms with Gasteiger partial charge >= 0.3 is 0 Å². The van der Waals surface area contributed by atoms with Gasteiger partial charge in [0, 0.05) is 34.0 Å². The molecule has 0 bridgehead atoms. The van der Waals surface area contributed by atoms with Crippen molar-refractivity contribution in [1.29, 1.82) is 0 Å². The monoisotopic (exact) mass is 366 g/mol. The molecule has 0 saturated carbocycles. The lowest BCUT2D eigenvalue weighted by atomic mass is 10.0. The molecule has 0 atom stereocenters. The molecule has 0 aliphatic carbocycles. The molecule has 0 radical (unpaired) electrons. The van der Waals surface area contributed by atoms with Gasteiger partial charge in [0.1, 0.15) is 0 Å². The summed E-state index contributed by atoms with van der Waals surface area (Å²) in [5.74, 6) is 0. The van der Waals surface area contributed by atoms with Gasteiger partial charge in [-0.15, -0.1) is 0 Å². The van der Waals surface area contributed by atoms with E-state index >= 15 is 0 Å². The van der Waals surface area contributed by atoms with Crippen LogP contribution in [0.25, 0.3) is 11.1 Å². The molecule has 0 fully saturated rings. The Morgan fingerprint density at radius 2 is 0.893 bits per heavy atom. The number of benzene rings is 4. The van der Waals surface area contributed by atoms with Crippen molar-refractivity contribution in [1.82, 2.24) is 0 Å². The fraction of sp³-hybridized carbons (Fsp3) is 0. The van der Waals surface area contributed by atoms with Gasteiger partial charge in [-0.1, -0.05) is 30.3 Å². The molecule has 4 aromatic rings. The predicted molar refractivity (Wildman–Crippen MR) is 120 cm³/mol. The minimum Gasteiger partial charge on any atom is -0.399 e. The van der Waals surface area contributed by atoms with Crippen LogP contribution in [0.3, 0.4) is 0 Å². The second-order valence-corrected chi connectivity index (χ2v) is 6.66. The Morgan fingerprint density at radius 1 is 0.464 bits per heavy atom. The summed E-state index contributed by atoms with van der Waals surface area (Å²) in [5, 5.41) is 0. The van der Waals surface area contributed by atoms with Crippen LogP contribution in [-0.2, 0) is 0 Å². The molecule has 4 nitrogen and oxygen atoms in total. The molecule has 4 heteroatoms. The molecular formula is C24H22N4. The summed E-state index contributed by atoms with van der Waals surface area (Å²) in [4.78, 5) is 2.20. The van der Waals surface area contributed by atoms with E-state index in [9.17, 15) is 0 Å². The number of nitrogens with zero attached hydrogens (tertiary/aromatic N) is 1. The van der Waals surface area contributed by atoms with E-state index in [1.54, 1.807) is 0 Å². The van der Waals surface area contributed by atoms with Gasteiger partial charge in [0.25, 0.3) is 0 Å². The molecule has 0 spiro atoms. The largest absolute Gasteiger partial charge is 0.399 e. The first-order chi connectivity index (χ1) is 13.6. The van der Waals surface area contributed by atoms with Crippen LogP contribution < -0.4 is 22.1 Å². The van der Waals surface area contributed by atoms with E-state index in [4.69, 9.17) is 17.2 Å². The summed E-state index contributed by atoms with van der Waals surface area (Å²) < 4.78 is 0. The number of nitrogen functional groups attached to an aromatic ring is 3. The molecule has 0 aliphatic heterocycles. The van der Waals surface area contributed by atoms with Gasteiger partial charge < -0.3 is 22.1 Å². The Balaban J connectivity index is 1.91. The minimum absolute atomic E-state index is 0.729. The van der Waals surface area contributed by atoms with Gasteiger partial charge in [-0.25, -0.2) is 0 Å². The van der Waals surface area contributed by atoms with Gasteiger partial charge in [0.2, 0.25) is 0 Å². The zero-order chi connectivity index (χ0) is 19.5. The quantitative estimate of drug-likeness (QED) is 0.412. The summed E-state index contributed by atoms with van der Waals surface area (Å²) in [5.41, 5.74) is 25.2. The summed E-state index contributed by atoms with van der Waals surface area (Å²) in [6.45, 7) is 0. The van der Waals surface area contributed by atoms with Crippen LogP contribution in [0.5, 0.6) is 0 Å². The highest BCUT2D eigenvalue weighted by Gasteiger charge is 2.16. The second kappa shape index (κ2) is 7.37. The van der Waals surface area contributed by atoms with Crippen molar-refractivity contribution in [3.63, 3.8) is 0 Å². The summed E-state index contributed by atoms with van der Waals surface area (Å²) in [6, 6.07) is 31.9. The summed E-state index contributed by atoms with van der Waals surface area (Å²) >= 11 is 0. The van der Waals surface area contributed by atoms with Crippen molar-refractivity contribution in [2.24, 2.45) is 0 Å². The van der Waals surface area contributed by atoms with Gasteiger partial charge in [-0.3, -0.25) is 0 Å². The second-order valence-electron chi connectivity index (χ2n) is 6.66. The Labute approximate surface area is 164 Å². The highest BCUT2D eigenvalue weighted by atomic mass is 15.1. The molecule has 0 amide bonds. The van der Waals surface area contributed by atoms with Crippen LogP contribution in [0.4, 0.5) is 34.1 Å². The molecule has 4 aromatic carbocycles.